The summed E-state index contributed by atoms with van der Waals surface area (Å²) in [6.45, 7) is 0. The zero-order valence-corrected chi connectivity index (χ0v) is 6.79. The lowest BCUT2D eigenvalue weighted by atomic mass is 9.91. The van der Waals surface area contributed by atoms with E-state index in [1.807, 2.05) is 0 Å². The molecule has 0 bridgehead atoms. The summed E-state index contributed by atoms with van der Waals surface area (Å²) in [5.74, 6) is 0. The van der Waals surface area contributed by atoms with Gasteiger partial charge in [0.2, 0.25) is 0 Å². The fraction of sp³-hybridized carbons (Fsp3) is 0.444. The molecule has 0 spiro atoms. The molecule has 2 heterocycles. The van der Waals surface area contributed by atoms with Crippen LogP contribution in [0.15, 0.2) is 18.3 Å². The number of ether oxygens (including phenoxy) is 1. The van der Waals surface area contributed by atoms with Crippen LogP contribution in [0, 0.1) is 0 Å². The standard InChI is InChI=1S/C9H9NO3/c11-6-4-2-1-3-10-5(4)8-9(13-8)7(6)12/h1-3,6-9,11-12H. The van der Waals surface area contributed by atoms with Crippen LogP contribution in [0.25, 0.3) is 0 Å². The molecular formula is C9H9NO3. The van der Waals surface area contributed by atoms with Crippen molar-refractivity contribution in [3.8, 4) is 0 Å². The highest BCUT2D eigenvalue weighted by Gasteiger charge is 2.54. The van der Waals surface area contributed by atoms with Crippen LogP contribution in [0.5, 0.6) is 0 Å². The van der Waals surface area contributed by atoms with Gasteiger partial charge in [0.05, 0.1) is 5.69 Å². The van der Waals surface area contributed by atoms with Crippen molar-refractivity contribution in [2.45, 2.75) is 24.4 Å². The lowest BCUT2D eigenvalue weighted by Crippen LogP contribution is -2.29. The molecule has 3 rings (SSSR count). The number of aliphatic hydroxyl groups excluding tert-OH is 2. The van der Waals surface area contributed by atoms with Crippen LogP contribution >= 0.6 is 0 Å². The van der Waals surface area contributed by atoms with Gasteiger partial charge in [0.25, 0.3) is 0 Å². The Morgan fingerprint density at radius 3 is 3.08 bits per heavy atom. The maximum atomic E-state index is 9.66. The van der Waals surface area contributed by atoms with E-state index in [1.54, 1.807) is 18.3 Å². The van der Waals surface area contributed by atoms with E-state index >= 15 is 0 Å². The maximum absolute atomic E-state index is 9.66. The van der Waals surface area contributed by atoms with Crippen LogP contribution in [-0.2, 0) is 4.74 Å². The molecule has 1 aliphatic carbocycles. The van der Waals surface area contributed by atoms with Crippen LogP contribution in [0.1, 0.15) is 23.5 Å². The third kappa shape index (κ3) is 0.877. The van der Waals surface area contributed by atoms with Gasteiger partial charge >= 0.3 is 0 Å². The molecule has 4 unspecified atom stereocenters. The van der Waals surface area contributed by atoms with Crippen molar-refractivity contribution in [2.75, 3.05) is 0 Å². The lowest BCUT2D eigenvalue weighted by molar-refractivity contribution is -0.000302. The molecule has 4 atom stereocenters. The Kier molecular flexibility index (Phi) is 1.31. The highest BCUT2D eigenvalue weighted by Crippen LogP contribution is 2.49. The number of rotatable bonds is 0. The van der Waals surface area contributed by atoms with E-state index in [0.29, 0.717) is 5.56 Å². The second kappa shape index (κ2) is 2.29. The third-order valence-corrected chi connectivity index (χ3v) is 2.65. The largest absolute Gasteiger partial charge is 0.387 e. The van der Waals surface area contributed by atoms with Crippen LogP contribution in [-0.4, -0.2) is 27.4 Å². The van der Waals surface area contributed by atoms with Gasteiger partial charge in [-0.15, -0.1) is 0 Å². The van der Waals surface area contributed by atoms with Gasteiger partial charge < -0.3 is 14.9 Å². The van der Waals surface area contributed by atoms with E-state index in [9.17, 15) is 10.2 Å². The Hall–Kier alpha value is -0.970. The number of hydrogen-bond donors (Lipinski definition) is 2. The smallest absolute Gasteiger partial charge is 0.129 e. The number of pyridine rings is 1. The first-order valence-corrected chi connectivity index (χ1v) is 4.25. The second-order valence-electron chi connectivity index (χ2n) is 3.43. The number of aromatic nitrogens is 1. The summed E-state index contributed by atoms with van der Waals surface area (Å²) in [7, 11) is 0. The van der Waals surface area contributed by atoms with E-state index in [0.717, 1.165) is 5.69 Å². The van der Waals surface area contributed by atoms with E-state index in [2.05, 4.69) is 4.98 Å². The van der Waals surface area contributed by atoms with Gasteiger partial charge in [-0.25, -0.2) is 0 Å². The number of epoxide rings is 1. The zero-order valence-electron chi connectivity index (χ0n) is 6.79. The molecule has 1 fully saturated rings. The predicted molar refractivity (Wildman–Crippen MR) is 42.8 cm³/mol. The number of aliphatic hydroxyl groups is 2. The average molecular weight is 179 g/mol. The van der Waals surface area contributed by atoms with Gasteiger partial charge in [-0.2, -0.15) is 0 Å². The van der Waals surface area contributed by atoms with Gasteiger partial charge in [-0.05, 0) is 6.07 Å². The SMILES string of the molecule is OC1c2cccnc2C2OC2C1O. The lowest BCUT2D eigenvalue weighted by Gasteiger charge is -2.21. The molecule has 4 nitrogen and oxygen atoms in total. The maximum Gasteiger partial charge on any atom is 0.129 e. The minimum Gasteiger partial charge on any atom is -0.387 e. The van der Waals surface area contributed by atoms with Crippen LogP contribution in [0.3, 0.4) is 0 Å². The molecule has 0 amide bonds. The Morgan fingerprint density at radius 2 is 2.23 bits per heavy atom. The minimum absolute atomic E-state index is 0.102. The third-order valence-electron chi connectivity index (χ3n) is 2.65. The molecule has 1 saturated heterocycles. The average Bonchev–Trinajstić information content (AvgIpc) is 2.94. The molecule has 2 aliphatic rings. The Bertz CT molecular complexity index is 354. The highest BCUT2D eigenvalue weighted by molar-refractivity contribution is 5.33. The molecule has 2 N–H and O–H groups in total. The van der Waals surface area contributed by atoms with Crippen molar-refractivity contribution < 1.29 is 14.9 Å². The number of hydrogen-bond acceptors (Lipinski definition) is 4. The monoisotopic (exact) mass is 179 g/mol. The Balaban J connectivity index is 2.14. The summed E-state index contributed by atoms with van der Waals surface area (Å²) in [6, 6.07) is 3.52. The Labute approximate surface area is 74.8 Å². The van der Waals surface area contributed by atoms with Crippen molar-refractivity contribution in [3.63, 3.8) is 0 Å². The van der Waals surface area contributed by atoms with Gasteiger partial charge in [-0.1, -0.05) is 6.07 Å². The molecule has 1 aromatic rings. The zero-order chi connectivity index (χ0) is 9.00. The molecular weight excluding hydrogens is 170 g/mol. The fourth-order valence-electron chi connectivity index (χ4n) is 1.88. The highest BCUT2D eigenvalue weighted by atomic mass is 16.6. The van der Waals surface area contributed by atoms with Crippen molar-refractivity contribution in [1.29, 1.82) is 0 Å². The number of nitrogens with zero attached hydrogens (tertiary/aromatic N) is 1. The summed E-state index contributed by atoms with van der Waals surface area (Å²) in [6.07, 6.45) is -0.344. The van der Waals surface area contributed by atoms with Gasteiger partial charge in [0.15, 0.2) is 0 Å². The van der Waals surface area contributed by atoms with Crippen LogP contribution in [0.2, 0.25) is 0 Å². The topological polar surface area (TPSA) is 65.9 Å². The van der Waals surface area contributed by atoms with Gasteiger partial charge in [0.1, 0.15) is 24.4 Å². The summed E-state index contributed by atoms with van der Waals surface area (Å²) in [5, 5.41) is 19.2. The van der Waals surface area contributed by atoms with Crippen molar-refractivity contribution in [3.05, 3.63) is 29.6 Å². The van der Waals surface area contributed by atoms with Gasteiger partial charge in [-0.3, -0.25) is 4.98 Å². The van der Waals surface area contributed by atoms with Crippen LogP contribution in [0.4, 0.5) is 0 Å². The molecule has 1 aliphatic heterocycles. The quantitative estimate of drug-likeness (QED) is 0.547. The molecule has 0 aromatic carbocycles. The minimum atomic E-state index is -0.854. The van der Waals surface area contributed by atoms with Crippen molar-refractivity contribution in [1.82, 2.24) is 4.98 Å². The molecule has 68 valence electrons. The first-order chi connectivity index (χ1) is 6.29. The first kappa shape index (κ1) is 7.44. The first-order valence-electron chi connectivity index (χ1n) is 4.25. The van der Waals surface area contributed by atoms with E-state index in [4.69, 9.17) is 4.74 Å². The predicted octanol–water partition coefficient (Wildman–Crippen LogP) is -0.0706. The van der Waals surface area contributed by atoms with Crippen molar-refractivity contribution in [2.24, 2.45) is 0 Å². The summed E-state index contributed by atoms with van der Waals surface area (Å²) in [5.41, 5.74) is 1.46. The van der Waals surface area contributed by atoms with Gasteiger partial charge in [0, 0.05) is 11.8 Å². The summed E-state index contributed by atoms with van der Waals surface area (Å²) >= 11 is 0. The fourth-order valence-corrected chi connectivity index (χ4v) is 1.88. The van der Waals surface area contributed by atoms with Crippen molar-refractivity contribution >= 4 is 0 Å². The molecule has 0 saturated carbocycles. The molecule has 0 radical (unpaired) electrons. The number of fused-ring (bicyclic) bond motifs is 3. The van der Waals surface area contributed by atoms with Crippen LogP contribution < -0.4 is 0 Å². The van der Waals surface area contributed by atoms with E-state index in [1.165, 1.54) is 0 Å². The Morgan fingerprint density at radius 1 is 1.38 bits per heavy atom. The van der Waals surface area contributed by atoms with E-state index < -0.39 is 12.2 Å². The normalized spacial score (nSPS) is 40.8. The molecule has 4 heteroatoms. The molecule has 1 aromatic heterocycles. The van der Waals surface area contributed by atoms with E-state index in [-0.39, 0.29) is 12.2 Å². The molecule has 13 heavy (non-hydrogen) atoms. The second-order valence-corrected chi connectivity index (χ2v) is 3.43. The summed E-state index contributed by atoms with van der Waals surface area (Å²) < 4.78 is 5.21. The summed E-state index contributed by atoms with van der Waals surface area (Å²) in [4.78, 5) is 4.13.